The number of aryl methyl sites for hydroxylation is 1. The molecule has 0 saturated heterocycles. The number of aromatic nitrogens is 3. The lowest BCUT2D eigenvalue weighted by molar-refractivity contribution is 0.941. The Hall–Kier alpha value is -1.93. The molecule has 0 saturated carbocycles. The van der Waals surface area contributed by atoms with Crippen molar-refractivity contribution in [1.29, 1.82) is 0 Å². The lowest BCUT2D eigenvalue weighted by Gasteiger charge is -2.05. The van der Waals surface area contributed by atoms with E-state index < -0.39 is 0 Å². The highest BCUT2D eigenvalue weighted by Crippen LogP contribution is 2.07. The van der Waals surface area contributed by atoms with Gasteiger partial charge in [0.25, 0.3) is 0 Å². The first-order valence-corrected chi connectivity index (χ1v) is 4.68. The van der Waals surface area contributed by atoms with Gasteiger partial charge in [-0.05, 0) is 19.8 Å². The van der Waals surface area contributed by atoms with E-state index in [0.29, 0.717) is 11.8 Å². The van der Waals surface area contributed by atoms with Crippen molar-refractivity contribution >= 4 is 5.95 Å². The number of rotatable bonds is 5. The first kappa shape index (κ1) is 11.1. The summed E-state index contributed by atoms with van der Waals surface area (Å²) in [6.07, 6.45) is 4.99. The third-order valence-electron chi connectivity index (χ3n) is 1.77. The Morgan fingerprint density at radius 2 is 2.40 bits per heavy atom. The molecule has 4 nitrogen and oxygen atoms in total. The Kier molecular flexibility index (Phi) is 4.26. The Balaban J connectivity index is 2.67. The fourth-order valence-corrected chi connectivity index (χ4v) is 1.01. The molecule has 1 aromatic heterocycles. The number of hydrogen-bond donors (Lipinski definition) is 1. The molecule has 1 aromatic rings. The first-order valence-electron chi connectivity index (χ1n) is 4.68. The van der Waals surface area contributed by atoms with Gasteiger partial charge in [0.1, 0.15) is 12.2 Å². The van der Waals surface area contributed by atoms with E-state index in [4.69, 9.17) is 0 Å². The summed E-state index contributed by atoms with van der Waals surface area (Å²) < 4.78 is 0. The molecule has 0 bridgehead atoms. The second-order valence-corrected chi connectivity index (χ2v) is 2.96. The quantitative estimate of drug-likeness (QED) is 0.587. The zero-order valence-electron chi connectivity index (χ0n) is 8.82. The van der Waals surface area contributed by atoms with Gasteiger partial charge in [0, 0.05) is 0 Å². The summed E-state index contributed by atoms with van der Waals surface area (Å²) in [5.41, 5.74) is 3.67. The summed E-state index contributed by atoms with van der Waals surface area (Å²) in [5, 5.41) is 3.04. The minimum atomic E-state index is 0.526. The molecule has 0 spiro atoms. The fourth-order valence-electron chi connectivity index (χ4n) is 1.01. The first-order chi connectivity index (χ1) is 7.26. The summed E-state index contributed by atoms with van der Waals surface area (Å²) >= 11 is 0. The standard InChI is InChI=1S/C11H14N4/c1-4-6-7-10(5-2)15-11-13-8-12-9(3)14-11/h4,8H,1-2,6-7H2,3H3,(H,12,13,14,15). The highest BCUT2D eigenvalue weighted by atomic mass is 15.1. The molecule has 0 amide bonds. The van der Waals surface area contributed by atoms with Crippen LogP contribution in [0.25, 0.3) is 0 Å². The molecule has 15 heavy (non-hydrogen) atoms. The molecule has 78 valence electrons. The molecule has 0 atom stereocenters. The van der Waals surface area contributed by atoms with Crippen molar-refractivity contribution in [1.82, 2.24) is 15.0 Å². The summed E-state index contributed by atoms with van der Waals surface area (Å²) in [6.45, 7) is 9.07. The summed E-state index contributed by atoms with van der Waals surface area (Å²) in [7, 11) is 0. The van der Waals surface area contributed by atoms with Crippen LogP contribution in [-0.4, -0.2) is 15.0 Å². The molecule has 1 rings (SSSR count). The van der Waals surface area contributed by atoms with Crippen LogP contribution in [0.5, 0.6) is 0 Å². The van der Waals surface area contributed by atoms with E-state index in [-0.39, 0.29) is 0 Å². The molecule has 1 N–H and O–H groups in total. The van der Waals surface area contributed by atoms with E-state index in [2.05, 4.69) is 39.2 Å². The number of anilines is 1. The molecule has 0 fully saturated rings. The van der Waals surface area contributed by atoms with Crippen molar-refractivity contribution in [3.05, 3.63) is 42.8 Å². The molecule has 0 aliphatic carbocycles. The van der Waals surface area contributed by atoms with Crippen LogP contribution in [-0.2, 0) is 0 Å². The van der Waals surface area contributed by atoms with E-state index in [0.717, 1.165) is 18.5 Å². The van der Waals surface area contributed by atoms with Crippen LogP contribution in [0, 0.1) is 6.92 Å². The van der Waals surface area contributed by atoms with Gasteiger partial charge in [0.15, 0.2) is 0 Å². The summed E-state index contributed by atoms with van der Waals surface area (Å²) in [6, 6.07) is 0. The van der Waals surface area contributed by atoms with Crippen LogP contribution in [0.4, 0.5) is 5.95 Å². The zero-order valence-corrected chi connectivity index (χ0v) is 8.82. The average Bonchev–Trinajstić information content (AvgIpc) is 2.24. The van der Waals surface area contributed by atoms with E-state index in [1.54, 1.807) is 0 Å². The molecule has 0 unspecified atom stereocenters. The van der Waals surface area contributed by atoms with Crippen LogP contribution < -0.4 is 5.32 Å². The van der Waals surface area contributed by atoms with Gasteiger partial charge in [0.2, 0.25) is 5.95 Å². The van der Waals surface area contributed by atoms with Crippen LogP contribution >= 0.6 is 0 Å². The molecule has 1 heterocycles. The summed E-state index contributed by atoms with van der Waals surface area (Å²) in [4.78, 5) is 12.0. The smallest absolute Gasteiger partial charge is 0.230 e. The maximum absolute atomic E-state index is 4.12. The Morgan fingerprint density at radius 3 is 3.00 bits per heavy atom. The largest absolute Gasteiger partial charge is 0.321 e. The molecule has 0 aliphatic heterocycles. The van der Waals surface area contributed by atoms with Crippen molar-refractivity contribution in [2.75, 3.05) is 5.32 Å². The highest BCUT2D eigenvalue weighted by Gasteiger charge is 1.99. The Labute approximate surface area is 89.5 Å². The van der Waals surface area contributed by atoms with Gasteiger partial charge in [-0.2, -0.15) is 4.98 Å². The fraction of sp³-hybridized carbons (Fsp3) is 0.273. The second kappa shape index (κ2) is 5.73. The monoisotopic (exact) mass is 202 g/mol. The van der Waals surface area contributed by atoms with Gasteiger partial charge in [-0.1, -0.05) is 12.7 Å². The Morgan fingerprint density at radius 1 is 1.60 bits per heavy atom. The van der Waals surface area contributed by atoms with Crippen molar-refractivity contribution in [2.45, 2.75) is 19.8 Å². The maximum atomic E-state index is 4.12. The number of allylic oxidation sites excluding steroid dienone is 2. The number of nitrogens with one attached hydrogen (secondary N) is 1. The highest BCUT2D eigenvalue weighted by molar-refractivity contribution is 5.32. The van der Waals surface area contributed by atoms with Crippen molar-refractivity contribution in [3.63, 3.8) is 0 Å². The van der Waals surface area contributed by atoms with Gasteiger partial charge in [-0.25, -0.2) is 9.97 Å². The van der Waals surface area contributed by atoms with Gasteiger partial charge < -0.3 is 5.32 Å². The third kappa shape index (κ3) is 3.75. The minimum absolute atomic E-state index is 0.526. The molecular weight excluding hydrogens is 188 g/mol. The molecule has 0 radical (unpaired) electrons. The van der Waals surface area contributed by atoms with E-state index in [1.165, 1.54) is 6.33 Å². The second-order valence-electron chi connectivity index (χ2n) is 2.96. The van der Waals surface area contributed by atoms with Crippen LogP contribution in [0.3, 0.4) is 0 Å². The van der Waals surface area contributed by atoms with E-state index in [9.17, 15) is 0 Å². The van der Waals surface area contributed by atoms with Crippen molar-refractivity contribution < 1.29 is 0 Å². The van der Waals surface area contributed by atoms with Gasteiger partial charge in [-0.15, -0.1) is 12.3 Å². The van der Waals surface area contributed by atoms with E-state index in [1.807, 2.05) is 13.0 Å². The summed E-state index contributed by atoms with van der Waals surface area (Å²) in [5.74, 6) is 1.21. The minimum Gasteiger partial charge on any atom is -0.321 e. The normalized spacial score (nSPS) is 9.13. The van der Waals surface area contributed by atoms with Crippen molar-refractivity contribution in [3.8, 4) is 0 Å². The van der Waals surface area contributed by atoms with Gasteiger partial charge in [-0.3, -0.25) is 0 Å². The lowest BCUT2D eigenvalue weighted by Crippen LogP contribution is -2.04. The van der Waals surface area contributed by atoms with Gasteiger partial charge in [0.05, 0.1) is 5.70 Å². The number of nitrogens with zero attached hydrogens (tertiary/aromatic N) is 3. The maximum Gasteiger partial charge on any atom is 0.230 e. The lowest BCUT2D eigenvalue weighted by atomic mass is 10.2. The topological polar surface area (TPSA) is 50.7 Å². The average molecular weight is 202 g/mol. The zero-order chi connectivity index (χ0) is 11.1. The molecule has 4 heteroatoms. The predicted octanol–water partition coefficient (Wildman–Crippen LogP) is 2.23. The molecule has 0 aromatic carbocycles. The third-order valence-corrected chi connectivity index (χ3v) is 1.77. The van der Waals surface area contributed by atoms with Crippen LogP contribution in [0.1, 0.15) is 18.7 Å². The van der Waals surface area contributed by atoms with Crippen LogP contribution in [0.2, 0.25) is 0 Å². The predicted molar refractivity (Wildman–Crippen MR) is 60.3 cm³/mol. The van der Waals surface area contributed by atoms with Crippen LogP contribution in [0.15, 0.2) is 37.0 Å². The molecular formula is C11H14N4. The number of hydrogen-bond acceptors (Lipinski definition) is 4. The molecule has 0 aliphatic rings. The SMILES string of the molecule is C=C=C(CCC=C)Nc1ncnc(C)n1. The van der Waals surface area contributed by atoms with E-state index >= 15 is 0 Å². The van der Waals surface area contributed by atoms with Crippen molar-refractivity contribution in [2.24, 2.45) is 0 Å². The van der Waals surface area contributed by atoms with Gasteiger partial charge >= 0.3 is 0 Å². The Bertz CT molecular complexity index is 391.